The van der Waals surface area contributed by atoms with Crippen molar-refractivity contribution in [3.8, 4) is 0 Å². The van der Waals surface area contributed by atoms with Crippen molar-refractivity contribution in [2.45, 2.75) is 20.3 Å². The van der Waals surface area contributed by atoms with Crippen molar-refractivity contribution in [2.24, 2.45) is 0 Å². The van der Waals surface area contributed by atoms with Crippen LogP contribution in [0.4, 0.5) is 11.5 Å². The first-order valence-corrected chi connectivity index (χ1v) is 5.94. The number of rotatable bonds is 7. The second-order valence-electron chi connectivity index (χ2n) is 3.74. The maximum absolute atomic E-state index is 5.73. The Hall–Kier alpha value is -1.29. The molecule has 0 fully saturated rings. The van der Waals surface area contributed by atoms with Crippen molar-refractivity contribution in [1.29, 1.82) is 0 Å². The molecule has 16 heavy (non-hydrogen) atoms. The van der Waals surface area contributed by atoms with Crippen LogP contribution in [-0.4, -0.2) is 36.1 Å². The summed E-state index contributed by atoms with van der Waals surface area (Å²) in [6.07, 6.45) is 2.83. The standard InChI is InChI=1S/C12H22N4/c1-3-16(4-2)10-6-9-14-11-7-5-8-15-12(11)13/h5,7-8,14H,3-4,6,9-10H2,1-2H3,(H2,13,15). The molecule has 0 aliphatic carbocycles. The molecule has 0 aliphatic rings. The molecule has 0 atom stereocenters. The van der Waals surface area contributed by atoms with Gasteiger partial charge in [-0.3, -0.25) is 0 Å². The lowest BCUT2D eigenvalue weighted by Gasteiger charge is -2.18. The maximum atomic E-state index is 5.73. The largest absolute Gasteiger partial charge is 0.382 e. The Morgan fingerprint density at radius 3 is 2.75 bits per heavy atom. The zero-order valence-corrected chi connectivity index (χ0v) is 10.2. The van der Waals surface area contributed by atoms with Gasteiger partial charge in [-0.2, -0.15) is 0 Å². The molecular formula is C12H22N4. The number of hydrogen-bond acceptors (Lipinski definition) is 4. The molecular weight excluding hydrogens is 200 g/mol. The summed E-state index contributed by atoms with van der Waals surface area (Å²) in [6, 6.07) is 3.85. The van der Waals surface area contributed by atoms with E-state index in [0.29, 0.717) is 5.82 Å². The molecule has 90 valence electrons. The van der Waals surface area contributed by atoms with Gasteiger partial charge in [0.15, 0.2) is 0 Å². The number of pyridine rings is 1. The molecule has 1 aromatic rings. The third kappa shape index (κ3) is 4.06. The zero-order valence-electron chi connectivity index (χ0n) is 10.2. The molecule has 0 spiro atoms. The van der Waals surface area contributed by atoms with Crippen molar-refractivity contribution >= 4 is 11.5 Å². The number of hydrogen-bond donors (Lipinski definition) is 2. The summed E-state index contributed by atoms with van der Waals surface area (Å²) in [5.41, 5.74) is 6.66. The van der Waals surface area contributed by atoms with E-state index in [-0.39, 0.29) is 0 Å². The molecule has 0 saturated carbocycles. The molecule has 4 heteroatoms. The number of nitrogens with zero attached hydrogens (tertiary/aromatic N) is 2. The van der Waals surface area contributed by atoms with Crippen LogP contribution in [0.25, 0.3) is 0 Å². The first-order valence-electron chi connectivity index (χ1n) is 5.94. The van der Waals surface area contributed by atoms with Gasteiger partial charge in [0.05, 0.1) is 5.69 Å². The third-order valence-electron chi connectivity index (χ3n) is 2.70. The second-order valence-corrected chi connectivity index (χ2v) is 3.74. The first-order chi connectivity index (χ1) is 7.77. The van der Waals surface area contributed by atoms with Crippen LogP contribution < -0.4 is 11.1 Å². The zero-order chi connectivity index (χ0) is 11.8. The van der Waals surface area contributed by atoms with Gasteiger partial charge in [-0.05, 0) is 38.2 Å². The molecule has 3 N–H and O–H groups in total. The molecule has 1 heterocycles. The Balaban J connectivity index is 2.23. The van der Waals surface area contributed by atoms with Crippen molar-refractivity contribution < 1.29 is 0 Å². The minimum Gasteiger partial charge on any atom is -0.382 e. The number of aromatic nitrogens is 1. The van der Waals surface area contributed by atoms with Crippen LogP contribution in [0.5, 0.6) is 0 Å². The van der Waals surface area contributed by atoms with Crippen LogP contribution in [0.15, 0.2) is 18.3 Å². The van der Waals surface area contributed by atoms with Crippen LogP contribution >= 0.6 is 0 Å². The number of nitrogens with two attached hydrogens (primary N) is 1. The molecule has 1 rings (SSSR count). The molecule has 1 aromatic heterocycles. The SMILES string of the molecule is CCN(CC)CCCNc1cccnc1N. The van der Waals surface area contributed by atoms with E-state index < -0.39 is 0 Å². The van der Waals surface area contributed by atoms with Crippen LogP contribution in [0.2, 0.25) is 0 Å². The highest BCUT2D eigenvalue weighted by Gasteiger charge is 2.00. The lowest BCUT2D eigenvalue weighted by Crippen LogP contribution is -2.25. The van der Waals surface area contributed by atoms with Crippen LogP contribution in [0, 0.1) is 0 Å². The highest BCUT2D eigenvalue weighted by Crippen LogP contribution is 2.12. The van der Waals surface area contributed by atoms with Crippen molar-refractivity contribution in [3.05, 3.63) is 18.3 Å². The predicted octanol–water partition coefficient (Wildman–Crippen LogP) is 1.81. The maximum Gasteiger partial charge on any atom is 0.146 e. The van der Waals surface area contributed by atoms with Gasteiger partial charge in [-0.15, -0.1) is 0 Å². The van der Waals surface area contributed by atoms with Gasteiger partial charge in [0, 0.05) is 12.7 Å². The Morgan fingerprint density at radius 2 is 2.12 bits per heavy atom. The molecule has 4 nitrogen and oxygen atoms in total. The Morgan fingerprint density at radius 1 is 1.38 bits per heavy atom. The van der Waals surface area contributed by atoms with Crippen molar-refractivity contribution in [2.75, 3.05) is 37.2 Å². The summed E-state index contributed by atoms with van der Waals surface area (Å²) < 4.78 is 0. The molecule has 0 amide bonds. The van der Waals surface area contributed by atoms with Gasteiger partial charge in [0.1, 0.15) is 5.82 Å². The summed E-state index contributed by atoms with van der Waals surface area (Å²) >= 11 is 0. The van der Waals surface area contributed by atoms with E-state index in [1.807, 2.05) is 12.1 Å². The minimum absolute atomic E-state index is 0.574. The van der Waals surface area contributed by atoms with E-state index in [1.54, 1.807) is 6.20 Å². The van der Waals surface area contributed by atoms with Crippen LogP contribution in [-0.2, 0) is 0 Å². The topological polar surface area (TPSA) is 54.2 Å². The van der Waals surface area contributed by atoms with E-state index in [4.69, 9.17) is 5.73 Å². The highest BCUT2D eigenvalue weighted by atomic mass is 15.1. The summed E-state index contributed by atoms with van der Waals surface area (Å²) in [6.45, 7) is 8.68. The fraction of sp³-hybridized carbons (Fsp3) is 0.583. The van der Waals surface area contributed by atoms with Gasteiger partial charge in [0.2, 0.25) is 0 Å². The minimum atomic E-state index is 0.574. The number of nitrogen functional groups attached to an aromatic ring is 1. The first kappa shape index (κ1) is 12.8. The monoisotopic (exact) mass is 222 g/mol. The number of anilines is 2. The van der Waals surface area contributed by atoms with E-state index >= 15 is 0 Å². The normalized spacial score (nSPS) is 10.7. The molecule has 0 aliphatic heterocycles. The van der Waals surface area contributed by atoms with E-state index in [2.05, 4.69) is 29.0 Å². The molecule has 0 aromatic carbocycles. The van der Waals surface area contributed by atoms with Gasteiger partial charge in [-0.1, -0.05) is 13.8 Å². The molecule has 0 bridgehead atoms. The average molecular weight is 222 g/mol. The van der Waals surface area contributed by atoms with Crippen molar-refractivity contribution in [1.82, 2.24) is 9.88 Å². The van der Waals surface area contributed by atoms with E-state index in [1.165, 1.54) is 0 Å². The van der Waals surface area contributed by atoms with Crippen LogP contribution in [0.3, 0.4) is 0 Å². The van der Waals surface area contributed by atoms with E-state index in [9.17, 15) is 0 Å². The lowest BCUT2D eigenvalue weighted by molar-refractivity contribution is 0.303. The summed E-state index contributed by atoms with van der Waals surface area (Å²) in [5.74, 6) is 0.574. The summed E-state index contributed by atoms with van der Waals surface area (Å²) in [4.78, 5) is 6.44. The molecule has 0 unspecified atom stereocenters. The Labute approximate surface area is 97.9 Å². The van der Waals surface area contributed by atoms with Gasteiger partial charge < -0.3 is 16.0 Å². The smallest absolute Gasteiger partial charge is 0.146 e. The quantitative estimate of drug-likeness (QED) is 0.691. The third-order valence-corrected chi connectivity index (χ3v) is 2.70. The number of nitrogens with one attached hydrogen (secondary N) is 1. The molecule has 0 saturated heterocycles. The van der Waals surface area contributed by atoms with Crippen LogP contribution in [0.1, 0.15) is 20.3 Å². The van der Waals surface area contributed by atoms with Gasteiger partial charge in [0.25, 0.3) is 0 Å². The highest BCUT2D eigenvalue weighted by molar-refractivity contribution is 5.60. The summed E-state index contributed by atoms with van der Waals surface area (Å²) in [7, 11) is 0. The van der Waals surface area contributed by atoms with Crippen molar-refractivity contribution in [3.63, 3.8) is 0 Å². The Kier molecular flexibility index (Phi) is 5.64. The summed E-state index contributed by atoms with van der Waals surface area (Å²) in [5, 5.41) is 3.30. The Bertz CT molecular complexity index is 297. The fourth-order valence-electron chi connectivity index (χ4n) is 1.63. The van der Waals surface area contributed by atoms with Gasteiger partial charge >= 0.3 is 0 Å². The second kappa shape index (κ2) is 7.06. The lowest BCUT2D eigenvalue weighted by atomic mass is 10.3. The van der Waals surface area contributed by atoms with Gasteiger partial charge in [-0.25, -0.2) is 4.98 Å². The molecule has 0 radical (unpaired) electrons. The van der Waals surface area contributed by atoms with E-state index in [0.717, 1.165) is 38.3 Å². The average Bonchev–Trinajstić information content (AvgIpc) is 2.31. The predicted molar refractivity (Wildman–Crippen MR) is 69.5 cm³/mol. The fourth-order valence-corrected chi connectivity index (χ4v) is 1.63.